The van der Waals surface area contributed by atoms with Crippen molar-refractivity contribution >= 4 is 62.4 Å². The van der Waals surface area contributed by atoms with Crippen LogP contribution in [0, 0.1) is 0 Å². The average Bonchev–Trinajstić information content (AvgIpc) is 1.94. The molecule has 0 aromatic carbocycles. The van der Waals surface area contributed by atoms with E-state index in [1.807, 2.05) is 0 Å². The fourth-order valence-corrected chi connectivity index (χ4v) is 0. The summed E-state index contributed by atoms with van der Waals surface area (Å²) in [4.78, 5) is 0. The maximum Gasteiger partial charge on any atom is 5.00 e. The van der Waals surface area contributed by atoms with E-state index in [0.717, 1.165) is 0 Å². The molecule has 33 heavy (non-hydrogen) atoms. The molecule has 0 bridgehead atoms. The summed E-state index contributed by atoms with van der Waals surface area (Å²) in [6, 6.07) is 0. The van der Waals surface area contributed by atoms with Crippen molar-refractivity contribution in [3.05, 3.63) is 0 Å². The molecule has 0 saturated carbocycles. The largest absolute Gasteiger partial charge is 5.00 e. The zero-order valence-corrected chi connectivity index (χ0v) is 22.4. The maximum absolute atomic E-state index is 8.52. The Kier molecular flexibility index (Phi) is 44.1. The van der Waals surface area contributed by atoms with Crippen LogP contribution >= 0.6 is 0 Å². The van der Waals surface area contributed by atoms with Gasteiger partial charge in [0, 0.05) is 62.4 Å². The Morgan fingerprint density at radius 2 is 0.242 bits per heavy atom. The Hall–Kier alpha value is 0.908. The van der Waals surface area contributed by atoms with Gasteiger partial charge in [0.25, 0.3) is 0 Å². The van der Waals surface area contributed by atoms with Crippen LogP contribution in [0.15, 0.2) is 0 Å². The fourth-order valence-electron chi connectivity index (χ4n) is 0. The third-order valence-electron chi connectivity index (χ3n) is 0. The van der Waals surface area contributed by atoms with E-state index in [1.165, 1.54) is 0 Å². The third-order valence-corrected chi connectivity index (χ3v) is 0. The van der Waals surface area contributed by atoms with Gasteiger partial charge in [-0.15, -0.1) is 0 Å². The van der Waals surface area contributed by atoms with Gasteiger partial charge in [-0.2, -0.15) is 0 Å². The first kappa shape index (κ1) is 59.2. The Labute approximate surface area is 220 Å². The van der Waals surface area contributed by atoms with Crippen LogP contribution in [0.25, 0.3) is 0 Å². The molecule has 33 heteroatoms. The number of rotatable bonds is 0. The molecule has 24 nitrogen and oxygen atoms in total. The van der Waals surface area contributed by atoms with Crippen LogP contribution < -0.4 is 0 Å². The van der Waals surface area contributed by atoms with Crippen LogP contribution in [-0.4, -0.2) is 105 Å². The topological polar surface area (TPSA) is 482 Å². The molecule has 0 spiro atoms. The molecule has 0 heterocycles. The van der Waals surface area contributed by atoms with Crippen LogP contribution in [0.5, 0.6) is 0 Å². The molecule has 0 aliphatic rings. The number of hydrogen-bond acceptors (Lipinski definition) is 24. The van der Waals surface area contributed by atoms with E-state index in [-0.39, 0.29) is 54.2 Å². The molecular formula is MnO24S6V2. The van der Waals surface area contributed by atoms with Crippen molar-refractivity contribution in [2.75, 3.05) is 0 Å². The van der Waals surface area contributed by atoms with Crippen molar-refractivity contribution < 1.29 is 159 Å². The SMILES string of the molecule is O=S(=O)([O-])[O-].O=S(=O)([O-])[O-].O=S(=O)([O-])[O-].O=S(=O)([O-])[O-].O=S(=O)([O-])[O-].O=S(=O)([O-])[O-].[Mn+2].[V+5].[V+5]. The molecule has 0 amide bonds. The van der Waals surface area contributed by atoms with Gasteiger partial charge in [-0.3, -0.25) is 50.5 Å². The van der Waals surface area contributed by atoms with E-state index in [9.17, 15) is 0 Å². The smallest absolute Gasteiger partial charge is 0.759 e. The van der Waals surface area contributed by atoms with E-state index >= 15 is 0 Å². The van der Waals surface area contributed by atoms with E-state index in [2.05, 4.69) is 0 Å². The summed E-state index contributed by atoms with van der Waals surface area (Å²) in [5, 5.41) is 0. The van der Waals surface area contributed by atoms with Gasteiger partial charge in [0.05, 0.1) is 0 Å². The van der Waals surface area contributed by atoms with Gasteiger partial charge < -0.3 is 54.6 Å². The van der Waals surface area contributed by atoms with Crippen LogP contribution in [-0.2, 0) is 117 Å². The summed E-state index contributed by atoms with van der Waals surface area (Å²) in [6.07, 6.45) is 0. The van der Waals surface area contributed by atoms with Gasteiger partial charge >= 0.3 is 54.2 Å². The Morgan fingerprint density at radius 3 is 0.242 bits per heavy atom. The van der Waals surface area contributed by atoms with Gasteiger partial charge in [0.1, 0.15) is 0 Å². The Balaban J connectivity index is -0.0000000294. The number of hydrogen-bond donors (Lipinski definition) is 0. The molecule has 0 N–H and O–H groups in total. The van der Waals surface area contributed by atoms with Gasteiger partial charge in [0.2, 0.25) is 0 Å². The van der Waals surface area contributed by atoms with Crippen LogP contribution in [0.1, 0.15) is 0 Å². The van der Waals surface area contributed by atoms with Crippen molar-refractivity contribution in [2.45, 2.75) is 0 Å². The van der Waals surface area contributed by atoms with Crippen molar-refractivity contribution in [1.82, 2.24) is 0 Å². The Bertz CT molecular complexity index is 771. The molecule has 0 aliphatic heterocycles. The summed E-state index contributed by atoms with van der Waals surface area (Å²) in [5.74, 6) is 0. The van der Waals surface area contributed by atoms with E-state index < -0.39 is 62.4 Å². The fraction of sp³-hybridized carbons (Fsp3) is 0. The van der Waals surface area contributed by atoms with E-state index in [1.54, 1.807) is 0 Å². The first-order chi connectivity index (χ1) is 12.0. The Morgan fingerprint density at radius 1 is 0.242 bits per heavy atom. The minimum absolute atomic E-state index is 0. The molecule has 0 aromatic rings. The van der Waals surface area contributed by atoms with Crippen molar-refractivity contribution in [2.24, 2.45) is 0 Å². The summed E-state index contributed by atoms with van der Waals surface area (Å²) in [5.41, 5.74) is 0. The van der Waals surface area contributed by atoms with Crippen LogP contribution in [0.4, 0.5) is 0 Å². The third kappa shape index (κ3) is 38100. The molecule has 197 valence electrons. The van der Waals surface area contributed by atoms with Gasteiger partial charge in [-0.1, -0.05) is 0 Å². The second-order valence-corrected chi connectivity index (χ2v) is 7.35. The first-order valence-corrected chi connectivity index (χ1v) is 12.0. The van der Waals surface area contributed by atoms with E-state index in [0.29, 0.717) is 0 Å². The van der Waals surface area contributed by atoms with Gasteiger partial charge in [-0.05, 0) is 0 Å². The summed E-state index contributed by atoms with van der Waals surface area (Å²) in [7, 11) is -31.0. The molecule has 0 fully saturated rings. The molecule has 0 rings (SSSR count). The molecule has 0 saturated heterocycles. The minimum atomic E-state index is -5.17. The van der Waals surface area contributed by atoms with Crippen molar-refractivity contribution in [3.8, 4) is 0 Å². The summed E-state index contributed by atoms with van der Waals surface area (Å²) >= 11 is 0. The molecule has 0 aliphatic carbocycles. The van der Waals surface area contributed by atoms with Gasteiger partial charge in [-0.25, -0.2) is 0 Å². The maximum atomic E-state index is 8.52. The van der Waals surface area contributed by atoms with Crippen molar-refractivity contribution in [1.29, 1.82) is 0 Å². The molecule has 1 radical (unpaired) electrons. The monoisotopic (exact) mass is 733 g/mol. The standard InChI is InChI=1S/Mn.6H2O4S.2V/c;6*1-5(2,3)4;;/h;6*(H2,1,2,3,4);;/q+2;;;;;;;2*+5/p-12. The molecule has 0 atom stereocenters. The summed E-state index contributed by atoms with van der Waals surface area (Å²) in [6.45, 7) is 0. The summed E-state index contributed by atoms with van der Waals surface area (Å²) < 4.78 is 205. The van der Waals surface area contributed by atoms with Gasteiger partial charge in [0.15, 0.2) is 0 Å². The quantitative estimate of drug-likeness (QED) is 0.127. The van der Waals surface area contributed by atoms with E-state index in [4.69, 9.17) is 105 Å². The van der Waals surface area contributed by atoms with Crippen LogP contribution in [0.3, 0.4) is 0 Å². The molecular weight excluding hydrogens is 733 g/mol. The second-order valence-electron chi connectivity index (χ2n) is 2.45. The zero-order valence-electron chi connectivity index (χ0n) is 13.5. The minimum Gasteiger partial charge on any atom is -0.759 e. The average molecular weight is 733 g/mol. The zero-order chi connectivity index (χ0) is 27.0. The normalized spacial score (nSPS) is 10.5. The predicted molar refractivity (Wildman–Crippen MR) is 62.8 cm³/mol. The molecule has 0 unspecified atom stereocenters. The predicted octanol–water partition coefficient (Wildman–Crippen LogP) is -8.04. The van der Waals surface area contributed by atoms with Crippen molar-refractivity contribution in [3.63, 3.8) is 0 Å². The van der Waals surface area contributed by atoms with Crippen LogP contribution in [0.2, 0.25) is 0 Å². The molecule has 0 aromatic heterocycles. The first-order valence-electron chi connectivity index (χ1n) is 4.00. The second kappa shape index (κ2) is 24.6.